The molecule has 5 nitrogen and oxygen atoms in total. The molecule has 1 aromatic carbocycles. The summed E-state index contributed by atoms with van der Waals surface area (Å²) >= 11 is 4.70. The molecule has 2 rings (SSSR count). The number of esters is 1. The lowest BCUT2D eigenvalue weighted by molar-refractivity contribution is 0.0598. The molecule has 1 heterocycles. The van der Waals surface area contributed by atoms with Crippen LogP contribution in [0, 0.1) is 6.92 Å². The molecule has 0 aliphatic carbocycles. The largest absolute Gasteiger partial charge is 0.465 e. The second-order valence-electron chi connectivity index (χ2n) is 5.26. The summed E-state index contributed by atoms with van der Waals surface area (Å²) in [7, 11) is 1.32. The van der Waals surface area contributed by atoms with Crippen LogP contribution < -0.4 is 5.32 Å². The average Bonchev–Trinajstić information content (AvgIpc) is 3.00. The number of thiazole rings is 1. The van der Waals surface area contributed by atoms with Gasteiger partial charge in [0, 0.05) is 16.1 Å². The van der Waals surface area contributed by atoms with Crippen molar-refractivity contribution < 1.29 is 14.3 Å². The molecule has 122 valence electrons. The Labute approximate surface area is 147 Å². The average molecular weight is 397 g/mol. The number of rotatable bonds is 4. The van der Waals surface area contributed by atoms with Crippen LogP contribution >= 0.6 is 27.3 Å². The first-order valence-corrected chi connectivity index (χ1v) is 8.60. The number of benzene rings is 1. The summed E-state index contributed by atoms with van der Waals surface area (Å²) in [5.41, 5.74) is 1.61. The number of ether oxygens (including phenoxy) is 1. The summed E-state index contributed by atoms with van der Waals surface area (Å²) < 4.78 is 5.41. The number of nitrogens with zero attached hydrogens (tertiary/aromatic N) is 1. The standard InChI is InChI=1S/C16H17BrN2O3S/c1-8(2)15-18-7-12(23-15)14(20)19-11-6-5-10(17)13(9(11)3)16(21)22-4/h5-8H,1-4H3,(H,19,20). The number of nitrogens with one attached hydrogen (secondary N) is 1. The topological polar surface area (TPSA) is 68.3 Å². The van der Waals surface area contributed by atoms with E-state index in [0.717, 1.165) is 5.01 Å². The molecule has 1 aromatic heterocycles. The van der Waals surface area contributed by atoms with Crippen molar-refractivity contribution in [1.29, 1.82) is 0 Å². The number of hydrogen-bond donors (Lipinski definition) is 1. The molecular weight excluding hydrogens is 380 g/mol. The summed E-state index contributed by atoms with van der Waals surface area (Å²) in [6.07, 6.45) is 1.57. The van der Waals surface area contributed by atoms with Crippen LogP contribution in [0.2, 0.25) is 0 Å². The summed E-state index contributed by atoms with van der Waals surface area (Å²) in [5.74, 6) is -0.414. The number of carbonyl (C=O) groups is 2. The van der Waals surface area contributed by atoms with Gasteiger partial charge in [0.05, 0.1) is 23.9 Å². The van der Waals surface area contributed by atoms with Crippen LogP contribution in [0.25, 0.3) is 0 Å². The van der Waals surface area contributed by atoms with E-state index < -0.39 is 5.97 Å². The Morgan fingerprint density at radius 3 is 2.61 bits per heavy atom. The fraction of sp³-hybridized carbons (Fsp3) is 0.312. The summed E-state index contributed by atoms with van der Waals surface area (Å²) in [5, 5.41) is 3.74. The van der Waals surface area contributed by atoms with Crippen molar-refractivity contribution in [3.63, 3.8) is 0 Å². The Hall–Kier alpha value is -1.73. The van der Waals surface area contributed by atoms with Gasteiger partial charge in [-0.1, -0.05) is 13.8 Å². The van der Waals surface area contributed by atoms with Gasteiger partial charge in [-0.25, -0.2) is 9.78 Å². The number of anilines is 1. The minimum absolute atomic E-state index is 0.240. The van der Waals surface area contributed by atoms with Gasteiger partial charge in [-0.2, -0.15) is 0 Å². The fourth-order valence-corrected chi connectivity index (χ4v) is 3.42. The monoisotopic (exact) mass is 396 g/mol. The molecular formula is C16H17BrN2O3S. The smallest absolute Gasteiger partial charge is 0.339 e. The minimum atomic E-state index is -0.453. The molecule has 0 atom stereocenters. The molecule has 0 saturated heterocycles. The van der Waals surface area contributed by atoms with Crippen molar-refractivity contribution in [3.05, 3.63) is 43.8 Å². The number of amides is 1. The second-order valence-corrected chi connectivity index (χ2v) is 7.17. The molecule has 0 bridgehead atoms. The van der Waals surface area contributed by atoms with Gasteiger partial charge in [0.1, 0.15) is 4.88 Å². The van der Waals surface area contributed by atoms with E-state index >= 15 is 0 Å². The predicted octanol–water partition coefficient (Wildman–Crippen LogP) is 4.38. The lowest BCUT2D eigenvalue weighted by atomic mass is 10.1. The molecule has 0 radical (unpaired) electrons. The van der Waals surface area contributed by atoms with E-state index in [1.807, 2.05) is 13.8 Å². The molecule has 0 aliphatic rings. The zero-order chi connectivity index (χ0) is 17.1. The number of carbonyl (C=O) groups excluding carboxylic acids is 2. The van der Waals surface area contributed by atoms with Crippen LogP contribution in [0.15, 0.2) is 22.8 Å². The molecule has 0 saturated carbocycles. The normalized spacial score (nSPS) is 10.7. The van der Waals surface area contributed by atoms with E-state index in [9.17, 15) is 9.59 Å². The Balaban J connectivity index is 2.29. The molecule has 0 unspecified atom stereocenters. The van der Waals surface area contributed by atoms with Crippen LogP contribution in [0.4, 0.5) is 5.69 Å². The maximum atomic E-state index is 12.4. The highest BCUT2D eigenvalue weighted by Crippen LogP contribution is 2.28. The Morgan fingerprint density at radius 1 is 1.35 bits per heavy atom. The Bertz CT molecular complexity index is 756. The van der Waals surface area contributed by atoms with Crippen LogP contribution in [0.1, 0.15) is 50.4 Å². The maximum Gasteiger partial charge on any atom is 0.339 e. The lowest BCUT2D eigenvalue weighted by Crippen LogP contribution is -2.13. The zero-order valence-electron chi connectivity index (χ0n) is 13.3. The summed E-state index contributed by atoms with van der Waals surface area (Å²) in [4.78, 5) is 29.0. The SMILES string of the molecule is COC(=O)c1c(Br)ccc(NC(=O)c2cnc(C(C)C)s2)c1C. The number of hydrogen-bond acceptors (Lipinski definition) is 5. The first-order valence-electron chi connectivity index (χ1n) is 6.99. The highest BCUT2D eigenvalue weighted by Gasteiger charge is 2.19. The van der Waals surface area contributed by atoms with Gasteiger partial charge >= 0.3 is 5.97 Å². The summed E-state index contributed by atoms with van der Waals surface area (Å²) in [6.45, 7) is 5.82. The second kappa shape index (κ2) is 7.23. The highest BCUT2D eigenvalue weighted by molar-refractivity contribution is 9.10. The van der Waals surface area contributed by atoms with E-state index in [-0.39, 0.29) is 11.8 Å². The van der Waals surface area contributed by atoms with Crippen molar-refractivity contribution in [2.24, 2.45) is 0 Å². The first-order chi connectivity index (χ1) is 10.8. The number of aromatic nitrogens is 1. The third kappa shape index (κ3) is 3.79. The first kappa shape index (κ1) is 17.6. The molecule has 1 amide bonds. The zero-order valence-corrected chi connectivity index (χ0v) is 15.7. The van der Waals surface area contributed by atoms with Gasteiger partial charge in [-0.05, 0) is 40.5 Å². The third-order valence-electron chi connectivity index (χ3n) is 3.29. The van der Waals surface area contributed by atoms with Crippen LogP contribution in [-0.4, -0.2) is 24.0 Å². The number of halogens is 1. The van der Waals surface area contributed by atoms with E-state index in [4.69, 9.17) is 4.74 Å². The Morgan fingerprint density at radius 2 is 2.04 bits per heavy atom. The van der Waals surface area contributed by atoms with E-state index in [0.29, 0.717) is 26.2 Å². The molecule has 1 N–H and O–H groups in total. The molecule has 0 aliphatic heterocycles. The lowest BCUT2D eigenvalue weighted by Gasteiger charge is -2.12. The van der Waals surface area contributed by atoms with Crippen molar-refractivity contribution in [1.82, 2.24) is 4.98 Å². The van der Waals surface area contributed by atoms with E-state index in [2.05, 4.69) is 26.2 Å². The molecule has 2 aromatic rings. The molecule has 0 fully saturated rings. The highest BCUT2D eigenvalue weighted by atomic mass is 79.9. The maximum absolute atomic E-state index is 12.4. The molecule has 0 spiro atoms. The van der Waals surface area contributed by atoms with Crippen molar-refractivity contribution in [3.8, 4) is 0 Å². The van der Waals surface area contributed by atoms with E-state index in [1.54, 1.807) is 25.3 Å². The van der Waals surface area contributed by atoms with E-state index in [1.165, 1.54) is 18.4 Å². The number of methoxy groups -OCH3 is 1. The predicted molar refractivity (Wildman–Crippen MR) is 94.4 cm³/mol. The van der Waals surface area contributed by atoms with Crippen LogP contribution in [0.5, 0.6) is 0 Å². The third-order valence-corrected chi connectivity index (χ3v) is 5.25. The summed E-state index contributed by atoms with van der Waals surface area (Å²) in [6, 6.07) is 3.45. The van der Waals surface area contributed by atoms with Crippen molar-refractivity contribution in [2.75, 3.05) is 12.4 Å². The van der Waals surface area contributed by atoms with Crippen LogP contribution in [-0.2, 0) is 4.74 Å². The van der Waals surface area contributed by atoms with Crippen molar-refractivity contribution in [2.45, 2.75) is 26.7 Å². The molecule has 23 heavy (non-hydrogen) atoms. The minimum Gasteiger partial charge on any atom is -0.465 e. The van der Waals surface area contributed by atoms with Crippen molar-refractivity contribution >= 4 is 44.8 Å². The molecule has 7 heteroatoms. The fourth-order valence-electron chi connectivity index (χ4n) is 2.01. The van der Waals surface area contributed by atoms with Crippen LogP contribution in [0.3, 0.4) is 0 Å². The quantitative estimate of drug-likeness (QED) is 0.778. The Kier molecular flexibility index (Phi) is 5.54. The van der Waals surface area contributed by atoms with Gasteiger partial charge < -0.3 is 10.1 Å². The van der Waals surface area contributed by atoms with Gasteiger partial charge in [0.15, 0.2) is 0 Å². The van der Waals surface area contributed by atoms with Gasteiger partial charge in [-0.15, -0.1) is 11.3 Å². The van der Waals surface area contributed by atoms with Gasteiger partial charge in [0.2, 0.25) is 0 Å². The van der Waals surface area contributed by atoms with Gasteiger partial charge in [-0.3, -0.25) is 4.79 Å². The van der Waals surface area contributed by atoms with Gasteiger partial charge in [0.25, 0.3) is 5.91 Å².